The third kappa shape index (κ3) is 2.35. The second-order valence-corrected chi connectivity index (χ2v) is 6.65. The van der Waals surface area contributed by atoms with Gasteiger partial charge in [0.05, 0.1) is 18.8 Å². The highest BCUT2D eigenvalue weighted by Gasteiger charge is 2.55. The van der Waals surface area contributed by atoms with Gasteiger partial charge in [0.25, 0.3) is 0 Å². The summed E-state index contributed by atoms with van der Waals surface area (Å²) in [5, 5.41) is 18.8. The van der Waals surface area contributed by atoms with E-state index >= 15 is 0 Å². The van der Waals surface area contributed by atoms with E-state index in [2.05, 4.69) is 20.3 Å². The zero-order valence-corrected chi connectivity index (χ0v) is 14.1. The van der Waals surface area contributed by atoms with Crippen LogP contribution in [0.2, 0.25) is 0 Å². The lowest BCUT2D eigenvalue weighted by Crippen LogP contribution is -2.29. The molecule has 0 radical (unpaired) electrons. The molecule has 0 spiro atoms. The first-order chi connectivity index (χ1) is 11.4. The van der Waals surface area contributed by atoms with Crippen LogP contribution < -0.4 is 4.74 Å². The van der Waals surface area contributed by atoms with Crippen LogP contribution >= 0.6 is 0 Å². The smallest absolute Gasteiger partial charge is 0.247 e. The molecule has 1 N–H and O–H groups in total. The molecule has 2 aromatic rings. The maximum absolute atomic E-state index is 10.3. The van der Waals surface area contributed by atoms with Crippen LogP contribution in [0.4, 0.5) is 0 Å². The number of aryl methyl sites for hydroxylation is 1. The lowest BCUT2D eigenvalue weighted by molar-refractivity contribution is -0.165. The SMILES string of the molecule is CCOc1nc(C)nc2c1nnn2[C@@H]1C[C@H](O)[C@H]2OC(C)(C)O[C@H]21. The predicted molar refractivity (Wildman–Crippen MR) is 82.5 cm³/mol. The van der Waals surface area contributed by atoms with Crippen molar-refractivity contribution in [1.29, 1.82) is 0 Å². The molecule has 2 fully saturated rings. The first-order valence-electron chi connectivity index (χ1n) is 8.15. The van der Waals surface area contributed by atoms with Crippen LogP contribution in [0.15, 0.2) is 0 Å². The lowest BCUT2D eigenvalue weighted by atomic mass is 10.2. The molecule has 4 rings (SSSR count). The van der Waals surface area contributed by atoms with E-state index in [1.807, 2.05) is 20.8 Å². The Morgan fingerprint density at radius 2 is 2.04 bits per heavy atom. The molecule has 130 valence electrons. The van der Waals surface area contributed by atoms with Gasteiger partial charge < -0.3 is 19.3 Å². The number of hydrogen-bond donors (Lipinski definition) is 1. The summed E-state index contributed by atoms with van der Waals surface area (Å²) in [7, 11) is 0. The number of aliphatic hydroxyl groups is 1. The van der Waals surface area contributed by atoms with Crippen molar-refractivity contribution >= 4 is 11.2 Å². The fourth-order valence-electron chi connectivity index (χ4n) is 3.54. The fraction of sp³-hybridized carbons (Fsp3) is 0.733. The lowest BCUT2D eigenvalue weighted by Gasteiger charge is -2.22. The molecular formula is C15H21N5O4. The van der Waals surface area contributed by atoms with Crippen LogP contribution in [0.1, 0.15) is 39.1 Å². The number of aliphatic hydroxyl groups excluding tert-OH is 1. The summed E-state index contributed by atoms with van der Waals surface area (Å²) < 4.78 is 19.1. The third-order valence-corrected chi connectivity index (χ3v) is 4.40. The number of aromatic nitrogens is 5. The average Bonchev–Trinajstić information content (AvgIpc) is 3.12. The van der Waals surface area contributed by atoms with Gasteiger partial charge in [0.1, 0.15) is 18.0 Å². The van der Waals surface area contributed by atoms with Crippen LogP contribution in [0, 0.1) is 6.92 Å². The normalized spacial score (nSPS) is 31.5. The van der Waals surface area contributed by atoms with E-state index in [9.17, 15) is 5.11 Å². The molecule has 0 aromatic carbocycles. The van der Waals surface area contributed by atoms with E-state index in [1.54, 1.807) is 11.6 Å². The van der Waals surface area contributed by atoms with Crippen LogP contribution in [-0.4, -0.2) is 60.8 Å². The fourth-order valence-corrected chi connectivity index (χ4v) is 3.54. The van der Waals surface area contributed by atoms with E-state index in [-0.39, 0.29) is 18.2 Å². The van der Waals surface area contributed by atoms with Crippen molar-refractivity contribution in [3.8, 4) is 5.88 Å². The maximum atomic E-state index is 10.3. The molecule has 9 nitrogen and oxygen atoms in total. The van der Waals surface area contributed by atoms with Gasteiger partial charge in [-0.1, -0.05) is 5.21 Å². The quantitative estimate of drug-likeness (QED) is 0.876. The van der Waals surface area contributed by atoms with E-state index in [1.165, 1.54) is 0 Å². The maximum Gasteiger partial charge on any atom is 0.247 e. The summed E-state index contributed by atoms with van der Waals surface area (Å²) >= 11 is 0. The van der Waals surface area contributed by atoms with Crippen LogP contribution in [0.5, 0.6) is 5.88 Å². The Labute approximate surface area is 138 Å². The Bertz CT molecular complexity index is 777. The number of hydrogen-bond acceptors (Lipinski definition) is 8. The van der Waals surface area contributed by atoms with Gasteiger partial charge in [-0.2, -0.15) is 4.98 Å². The van der Waals surface area contributed by atoms with Crippen molar-refractivity contribution in [1.82, 2.24) is 25.0 Å². The summed E-state index contributed by atoms with van der Waals surface area (Å²) in [5.74, 6) is 0.269. The number of ether oxygens (including phenoxy) is 3. The summed E-state index contributed by atoms with van der Waals surface area (Å²) in [6.07, 6.45) is -0.823. The average molecular weight is 335 g/mol. The van der Waals surface area contributed by atoms with Gasteiger partial charge in [-0.15, -0.1) is 5.10 Å². The van der Waals surface area contributed by atoms with Gasteiger partial charge in [-0.05, 0) is 27.7 Å². The highest BCUT2D eigenvalue weighted by Crippen LogP contribution is 2.44. The van der Waals surface area contributed by atoms with Crippen molar-refractivity contribution in [2.24, 2.45) is 0 Å². The first kappa shape index (κ1) is 15.7. The molecule has 1 saturated heterocycles. The van der Waals surface area contributed by atoms with Crippen molar-refractivity contribution in [2.45, 2.75) is 64.3 Å². The monoisotopic (exact) mass is 335 g/mol. The molecule has 0 bridgehead atoms. The molecule has 1 saturated carbocycles. The van der Waals surface area contributed by atoms with Gasteiger partial charge >= 0.3 is 0 Å². The Morgan fingerprint density at radius 3 is 2.79 bits per heavy atom. The minimum absolute atomic E-state index is 0.208. The molecule has 2 aliphatic rings. The molecule has 0 amide bonds. The zero-order valence-electron chi connectivity index (χ0n) is 14.1. The molecule has 0 unspecified atom stereocenters. The van der Waals surface area contributed by atoms with Crippen molar-refractivity contribution < 1.29 is 19.3 Å². The highest BCUT2D eigenvalue weighted by atomic mass is 16.8. The topological polar surface area (TPSA) is 104 Å². The molecule has 4 atom stereocenters. The van der Waals surface area contributed by atoms with Gasteiger partial charge in [0.15, 0.2) is 17.0 Å². The zero-order chi connectivity index (χ0) is 17.1. The van der Waals surface area contributed by atoms with Crippen molar-refractivity contribution in [3.05, 3.63) is 5.82 Å². The Morgan fingerprint density at radius 1 is 1.29 bits per heavy atom. The number of fused-ring (bicyclic) bond motifs is 2. The molecular weight excluding hydrogens is 314 g/mol. The summed E-state index contributed by atoms with van der Waals surface area (Å²) in [6, 6.07) is -0.208. The van der Waals surface area contributed by atoms with Crippen LogP contribution in [-0.2, 0) is 9.47 Å². The van der Waals surface area contributed by atoms with E-state index in [0.29, 0.717) is 35.9 Å². The predicted octanol–water partition coefficient (Wildman–Crippen LogP) is 0.754. The number of nitrogens with zero attached hydrogens (tertiary/aromatic N) is 5. The van der Waals surface area contributed by atoms with Crippen molar-refractivity contribution in [2.75, 3.05) is 6.61 Å². The van der Waals surface area contributed by atoms with Gasteiger partial charge in [-0.3, -0.25) is 0 Å². The summed E-state index contributed by atoms with van der Waals surface area (Å²) in [5.41, 5.74) is 1.09. The van der Waals surface area contributed by atoms with Crippen LogP contribution in [0.25, 0.3) is 11.2 Å². The second kappa shape index (κ2) is 5.33. The Balaban J connectivity index is 1.77. The van der Waals surface area contributed by atoms with Crippen molar-refractivity contribution in [3.63, 3.8) is 0 Å². The summed E-state index contributed by atoms with van der Waals surface area (Å²) in [4.78, 5) is 8.75. The third-order valence-electron chi connectivity index (χ3n) is 4.40. The minimum atomic E-state index is -0.729. The standard InChI is InChI=1S/C15H21N5O4/c1-5-22-14-10-13(16-7(2)17-14)20(19-18-10)8-6-9(21)12-11(8)23-15(3,4)24-12/h8-9,11-12,21H,5-6H2,1-4H3/t8-,9+,11+,12-/m1/s1. The Hall–Kier alpha value is -1.84. The largest absolute Gasteiger partial charge is 0.476 e. The van der Waals surface area contributed by atoms with Crippen LogP contribution in [0.3, 0.4) is 0 Å². The molecule has 1 aliphatic heterocycles. The molecule has 24 heavy (non-hydrogen) atoms. The van der Waals surface area contributed by atoms with E-state index in [0.717, 1.165) is 0 Å². The highest BCUT2D eigenvalue weighted by molar-refractivity contribution is 5.75. The molecule has 1 aliphatic carbocycles. The van der Waals surface area contributed by atoms with E-state index < -0.39 is 11.9 Å². The Kier molecular flexibility index (Phi) is 3.48. The first-order valence-corrected chi connectivity index (χ1v) is 8.15. The van der Waals surface area contributed by atoms with E-state index in [4.69, 9.17) is 14.2 Å². The van der Waals surface area contributed by atoms with Gasteiger partial charge in [-0.25, -0.2) is 9.67 Å². The molecule has 9 heteroatoms. The summed E-state index contributed by atoms with van der Waals surface area (Å²) in [6.45, 7) is 7.85. The number of rotatable bonds is 3. The minimum Gasteiger partial charge on any atom is -0.476 e. The van der Waals surface area contributed by atoms with Gasteiger partial charge in [0.2, 0.25) is 5.88 Å². The molecule has 3 heterocycles. The molecule has 2 aromatic heterocycles. The van der Waals surface area contributed by atoms with Gasteiger partial charge in [0, 0.05) is 6.42 Å². The second-order valence-electron chi connectivity index (χ2n) is 6.65.